The van der Waals surface area contributed by atoms with E-state index in [1.165, 1.54) is 11.1 Å². The smallest absolute Gasteiger partial charge is 0.128 e. The maximum absolute atomic E-state index is 9.25. The van der Waals surface area contributed by atoms with Gasteiger partial charge in [-0.1, -0.05) is 106 Å². The van der Waals surface area contributed by atoms with Gasteiger partial charge in [-0.05, 0) is 131 Å². The molecule has 1 N–H and O–H groups in total. The average molecular weight is 842 g/mol. The number of pyridine rings is 4. The SMILES string of the molecule is CC(C)(C)c1cc(Br)cc(-c2ccccn2)c1.CC(C)(C)c1cc(Oc2cccc(-c3ccccn3)c2)cc(-c2ccccn2)c1.Oc1cccc(-c2ccccn2)c1. The second-order valence-corrected chi connectivity index (χ2v) is 16.9. The molecule has 0 aliphatic carbocycles. The summed E-state index contributed by atoms with van der Waals surface area (Å²) in [5.41, 5.74) is 10.6. The van der Waals surface area contributed by atoms with Crippen LogP contribution in [0.4, 0.5) is 0 Å². The first-order chi connectivity index (χ1) is 28.3. The average Bonchev–Trinajstić information content (AvgIpc) is 3.24. The van der Waals surface area contributed by atoms with E-state index in [0.29, 0.717) is 0 Å². The Labute approximate surface area is 356 Å². The van der Waals surface area contributed by atoms with E-state index >= 15 is 0 Å². The van der Waals surface area contributed by atoms with Gasteiger partial charge in [0, 0.05) is 51.5 Å². The van der Waals surface area contributed by atoms with Crippen molar-refractivity contribution in [3.8, 4) is 62.3 Å². The van der Waals surface area contributed by atoms with Gasteiger partial charge >= 0.3 is 0 Å². The molecule has 296 valence electrons. The summed E-state index contributed by atoms with van der Waals surface area (Å²) in [6, 6.07) is 51.5. The third-order valence-corrected chi connectivity index (χ3v) is 9.75. The summed E-state index contributed by atoms with van der Waals surface area (Å²) in [7, 11) is 0. The molecule has 0 fully saturated rings. The molecule has 0 atom stereocenters. The minimum absolute atomic E-state index is 0.00128. The van der Waals surface area contributed by atoms with Crippen molar-refractivity contribution in [3.05, 3.63) is 198 Å². The molecule has 0 aliphatic heterocycles. The highest BCUT2D eigenvalue weighted by Crippen LogP contribution is 2.35. The van der Waals surface area contributed by atoms with Crippen molar-refractivity contribution in [2.75, 3.05) is 0 Å². The molecule has 59 heavy (non-hydrogen) atoms. The first kappa shape index (κ1) is 42.2. The monoisotopic (exact) mass is 840 g/mol. The van der Waals surface area contributed by atoms with Gasteiger partial charge in [0.05, 0.1) is 22.8 Å². The van der Waals surface area contributed by atoms with Gasteiger partial charge in [-0.15, -0.1) is 0 Å². The van der Waals surface area contributed by atoms with E-state index in [4.69, 9.17) is 4.74 Å². The number of nitrogens with zero attached hydrogens (tertiary/aromatic N) is 4. The van der Waals surface area contributed by atoms with E-state index in [1.807, 2.05) is 122 Å². The molecule has 7 heteroatoms. The molecule has 8 aromatic rings. The molecule has 0 aliphatic rings. The van der Waals surface area contributed by atoms with E-state index in [-0.39, 0.29) is 16.6 Å². The highest BCUT2D eigenvalue weighted by Gasteiger charge is 2.18. The molecule has 0 bridgehead atoms. The van der Waals surface area contributed by atoms with Crippen molar-refractivity contribution in [1.29, 1.82) is 0 Å². The van der Waals surface area contributed by atoms with Gasteiger partial charge in [0.2, 0.25) is 0 Å². The molecule has 4 heterocycles. The van der Waals surface area contributed by atoms with Gasteiger partial charge in [0.1, 0.15) is 17.2 Å². The van der Waals surface area contributed by atoms with Crippen molar-refractivity contribution in [3.63, 3.8) is 0 Å². The lowest BCUT2D eigenvalue weighted by Gasteiger charge is -2.21. The van der Waals surface area contributed by atoms with Crippen LogP contribution < -0.4 is 4.74 Å². The van der Waals surface area contributed by atoms with Crippen molar-refractivity contribution in [2.24, 2.45) is 0 Å². The first-order valence-corrected chi connectivity index (χ1v) is 20.3. The molecular weight excluding hydrogens is 793 g/mol. The number of benzene rings is 4. The fourth-order valence-corrected chi connectivity index (χ4v) is 6.56. The molecule has 8 rings (SSSR count). The summed E-state index contributed by atoms with van der Waals surface area (Å²) in [4.78, 5) is 17.5. The highest BCUT2D eigenvalue weighted by atomic mass is 79.9. The van der Waals surface area contributed by atoms with E-state index in [1.54, 1.807) is 30.6 Å². The molecule has 0 spiro atoms. The Morgan fingerprint density at radius 1 is 0.407 bits per heavy atom. The summed E-state index contributed by atoms with van der Waals surface area (Å²) in [5, 5.41) is 9.25. The first-order valence-electron chi connectivity index (χ1n) is 19.5. The van der Waals surface area contributed by atoms with Crippen LogP contribution in [0.5, 0.6) is 17.2 Å². The number of hydrogen-bond acceptors (Lipinski definition) is 6. The van der Waals surface area contributed by atoms with Crippen molar-refractivity contribution >= 4 is 15.9 Å². The van der Waals surface area contributed by atoms with Gasteiger partial charge in [0.15, 0.2) is 0 Å². The van der Waals surface area contributed by atoms with Crippen LogP contribution in [0.2, 0.25) is 0 Å². The highest BCUT2D eigenvalue weighted by molar-refractivity contribution is 9.10. The fourth-order valence-electron chi connectivity index (χ4n) is 6.06. The van der Waals surface area contributed by atoms with Crippen LogP contribution in [0.1, 0.15) is 52.7 Å². The van der Waals surface area contributed by atoms with Crippen LogP contribution >= 0.6 is 15.9 Å². The third kappa shape index (κ3) is 12.3. The zero-order valence-electron chi connectivity index (χ0n) is 34.3. The number of phenols is 1. The van der Waals surface area contributed by atoms with Gasteiger partial charge in [-0.2, -0.15) is 0 Å². The lowest BCUT2D eigenvalue weighted by atomic mass is 9.85. The van der Waals surface area contributed by atoms with Gasteiger partial charge in [0.25, 0.3) is 0 Å². The zero-order valence-corrected chi connectivity index (χ0v) is 35.9. The number of aromatic hydroxyl groups is 1. The zero-order chi connectivity index (χ0) is 41.8. The standard InChI is InChI=1S/C26H24N2O.C15H16BrN.C11H9NO/c1-26(2,3)21-15-20(25-12-5-7-14-28-25)17-23(18-21)29-22-10-8-9-19(16-22)24-11-4-6-13-27-24;1-15(2,3)12-8-11(9-13(16)10-12)14-6-4-5-7-17-14;13-10-5-3-4-9(8-10)11-6-1-2-7-12-11/h4-18H,1-3H3;4-10H,1-3H3;1-8,13H. The number of aromatic nitrogens is 4. The topological polar surface area (TPSA) is 81.0 Å². The van der Waals surface area contributed by atoms with Gasteiger partial charge < -0.3 is 9.84 Å². The molecule has 0 unspecified atom stereocenters. The van der Waals surface area contributed by atoms with E-state index in [2.05, 4.69) is 108 Å². The Morgan fingerprint density at radius 2 is 0.831 bits per heavy atom. The predicted octanol–water partition coefficient (Wildman–Crippen LogP) is 14.2. The van der Waals surface area contributed by atoms with Crippen molar-refractivity contribution in [1.82, 2.24) is 19.9 Å². The van der Waals surface area contributed by atoms with Crippen molar-refractivity contribution < 1.29 is 9.84 Å². The Balaban J connectivity index is 0.000000165. The lowest BCUT2D eigenvalue weighted by molar-refractivity contribution is 0.475. The van der Waals surface area contributed by atoms with Gasteiger partial charge in [-0.3, -0.25) is 19.9 Å². The summed E-state index contributed by atoms with van der Waals surface area (Å²) in [6.45, 7) is 13.3. The predicted molar refractivity (Wildman–Crippen MR) is 246 cm³/mol. The Kier molecular flexibility index (Phi) is 13.8. The summed E-state index contributed by atoms with van der Waals surface area (Å²) < 4.78 is 7.39. The Hall–Kier alpha value is -6.44. The third-order valence-electron chi connectivity index (χ3n) is 9.29. The molecular formula is C52H49BrN4O2. The van der Waals surface area contributed by atoms with Crippen LogP contribution in [-0.4, -0.2) is 25.0 Å². The maximum Gasteiger partial charge on any atom is 0.128 e. The van der Waals surface area contributed by atoms with Crippen LogP contribution in [0.25, 0.3) is 45.0 Å². The minimum Gasteiger partial charge on any atom is -0.508 e. The number of halogens is 1. The number of phenolic OH excluding ortho intramolecular Hbond substituents is 1. The molecule has 6 nitrogen and oxygen atoms in total. The molecule has 0 saturated carbocycles. The number of rotatable bonds is 6. The largest absolute Gasteiger partial charge is 0.508 e. The van der Waals surface area contributed by atoms with E-state index in [9.17, 15) is 5.11 Å². The number of hydrogen-bond donors (Lipinski definition) is 1. The van der Waals surface area contributed by atoms with E-state index in [0.717, 1.165) is 61.0 Å². The maximum atomic E-state index is 9.25. The summed E-state index contributed by atoms with van der Waals surface area (Å²) in [6.07, 6.45) is 7.18. The Bertz CT molecular complexity index is 2550. The van der Waals surface area contributed by atoms with Gasteiger partial charge in [-0.25, -0.2) is 0 Å². The second kappa shape index (κ2) is 19.3. The van der Waals surface area contributed by atoms with Crippen molar-refractivity contribution in [2.45, 2.75) is 52.4 Å². The number of ether oxygens (including phenoxy) is 1. The molecule has 0 saturated heterocycles. The fraction of sp³-hybridized carbons (Fsp3) is 0.154. The van der Waals surface area contributed by atoms with E-state index < -0.39 is 0 Å². The molecule has 0 amide bonds. The normalized spacial score (nSPS) is 11.0. The molecule has 4 aromatic carbocycles. The molecule has 0 radical (unpaired) electrons. The summed E-state index contributed by atoms with van der Waals surface area (Å²) in [5.74, 6) is 1.85. The summed E-state index contributed by atoms with van der Waals surface area (Å²) >= 11 is 3.57. The van der Waals surface area contributed by atoms with Crippen LogP contribution in [0, 0.1) is 0 Å². The van der Waals surface area contributed by atoms with Crippen LogP contribution in [-0.2, 0) is 10.8 Å². The van der Waals surface area contributed by atoms with Crippen LogP contribution in [0.15, 0.2) is 187 Å². The van der Waals surface area contributed by atoms with Crippen LogP contribution in [0.3, 0.4) is 0 Å². The molecule has 4 aromatic heterocycles. The Morgan fingerprint density at radius 3 is 1.29 bits per heavy atom. The minimum atomic E-state index is -0.00128. The lowest BCUT2D eigenvalue weighted by Crippen LogP contribution is -2.11. The second-order valence-electron chi connectivity index (χ2n) is 16.0. The quantitative estimate of drug-likeness (QED) is 0.180.